The van der Waals surface area contributed by atoms with Crippen molar-refractivity contribution >= 4 is 75.2 Å². The highest BCUT2D eigenvalue weighted by Crippen LogP contribution is 2.40. The minimum Gasteiger partial charge on any atom is -0.453 e. The van der Waals surface area contributed by atoms with Gasteiger partial charge in [0.2, 0.25) is 11.8 Å². The molecule has 16 nitrogen and oxygen atoms in total. The van der Waals surface area contributed by atoms with Gasteiger partial charge in [0.05, 0.1) is 78.6 Å². The maximum atomic E-state index is 13.9. The number of H-pyrrole nitrogens is 2. The highest BCUT2D eigenvalue weighted by molar-refractivity contribution is 7.23. The molecule has 0 radical (unpaired) electrons. The molecule has 5 aromatic rings. The van der Waals surface area contributed by atoms with Gasteiger partial charge in [-0.25, -0.2) is 29.5 Å². The number of rotatable bonds is 10. The summed E-state index contributed by atoms with van der Waals surface area (Å²) >= 11 is 3.08. The number of fused-ring (bicyclic) bond motifs is 2. The Morgan fingerprint density at radius 2 is 1.27 bits per heavy atom. The van der Waals surface area contributed by atoms with Crippen LogP contribution in [-0.2, 0) is 19.1 Å². The Labute approximate surface area is 333 Å². The number of methoxy groups -OCH3 is 2. The monoisotopic (exact) mass is 820 g/mol. The van der Waals surface area contributed by atoms with Gasteiger partial charge in [0.1, 0.15) is 33.7 Å². The van der Waals surface area contributed by atoms with E-state index in [1.54, 1.807) is 28.6 Å². The zero-order valence-electron chi connectivity index (χ0n) is 32.8. The quantitative estimate of drug-likeness (QED) is 0.117. The standard InChI is InChI=1S/C37H48N10O6S2Si/c1-18(2)28(44-36(50)52-5)34(48)46-11-9-10-24(46)30-38-14-22(40-30)32-42-20-12-27-21(13-26(20)54-32)43-33(55-27)23-15-39-31(41-23)25-16-56(7,8)17-47(25)35(49)29(19(3)4)45-37(51)53-6/h12-15,18-19,24-25,28-29H,9-11,16-17H2,1-8H3,(H,38,40)(H,39,41)(H,44,50)(H,45,51)/t24-,25-,28-,29-/m0/s1. The molecular formula is C37H48N10O6S2Si. The largest absolute Gasteiger partial charge is 0.453 e. The maximum absolute atomic E-state index is 13.9. The SMILES string of the molecule is COC(=O)N[C@H](C(=O)N1CCC[C@H]1c1ncc(-c2nc3cc4sc(-c5cnc([C@@H]6C[Si](C)(C)CN6C(=O)[C@@H](NC(=O)OC)C(C)C)[nH]5)nc4cc3s2)[nH]1)C(C)C. The smallest absolute Gasteiger partial charge is 0.407 e. The number of amides is 4. The molecule has 2 fully saturated rings. The number of ether oxygens (including phenoxy) is 2. The van der Waals surface area contributed by atoms with Crippen molar-refractivity contribution in [3.8, 4) is 21.4 Å². The van der Waals surface area contributed by atoms with Gasteiger partial charge in [0.15, 0.2) is 0 Å². The lowest BCUT2D eigenvalue weighted by atomic mass is 10.0. The van der Waals surface area contributed by atoms with Crippen molar-refractivity contribution in [3.63, 3.8) is 0 Å². The first-order chi connectivity index (χ1) is 26.7. The van der Waals surface area contributed by atoms with Gasteiger partial charge in [-0.3, -0.25) is 9.59 Å². The lowest BCUT2D eigenvalue weighted by molar-refractivity contribution is -0.136. The predicted molar refractivity (Wildman–Crippen MR) is 217 cm³/mol. The average Bonchev–Trinajstić information content (AvgIpc) is 4.01. The van der Waals surface area contributed by atoms with Crippen molar-refractivity contribution in [3.05, 3.63) is 36.2 Å². The number of carbonyl (C=O) groups excluding carboxylic acids is 4. The minimum absolute atomic E-state index is 0.120. The molecule has 1 aromatic carbocycles. The zero-order chi connectivity index (χ0) is 40.1. The molecule has 6 heterocycles. The van der Waals surface area contributed by atoms with Gasteiger partial charge >= 0.3 is 12.2 Å². The first kappa shape index (κ1) is 39.4. The van der Waals surface area contributed by atoms with Crippen LogP contribution in [0.5, 0.6) is 0 Å². The van der Waals surface area contributed by atoms with Crippen LogP contribution in [0.1, 0.15) is 64.3 Å². The minimum atomic E-state index is -1.77. The Morgan fingerprint density at radius 1 is 0.786 bits per heavy atom. The predicted octanol–water partition coefficient (Wildman–Crippen LogP) is 6.24. The van der Waals surface area contributed by atoms with Gasteiger partial charge in [0, 0.05) is 12.7 Å². The van der Waals surface area contributed by atoms with Crippen molar-refractivity contribution < 1.29 is 28.7 Å². The van der Waals surface area contributed by atoms with Crippen molar-refractivity contribution in [1.82, 2.24) is 50.3 Å². The number of carbonyl (C=O) groups is 4. The van der Waals surface area contributed by atoms with Gasteiger partial charge in [-0.15, -0.1) is 22.7 Å². The van der Waals surface area contributed by atoms with E-state index in [-0.39, 0.29) is 35.7 Å². The first-order valence-electron chi connectivity index (χ1n) is 18.8. The number of hydrogen-bond acceptors (Lipinski definition) is 12. The van der Waals surface area contributed by atoms with Crippen LogP contribution in [0.15, 0.2) is 24.5 Å². The van der Waals surface area contributed by atoms with Crippen molar-refractivity contribution in [2.45, 2.75) is 83.8 Å². The molecule has 2 aliphatic rings. The Morgan fingerprint density at radius 3 is 1.75 bits per heavy atom. The summed E-state index contributed by atoms with van der Waals surface area (Å²) < 4.78 is 11.5. The van der Waals surface area contributed by atoms with E-state index < -0.39 is 32.3 Å². The Balaban J connectivity index is 1.09. The van der Waals surface area contributed by atoms with E-state index in [1.807, 2.05) is 44.7 Å². The average molecular weight is 821 g/mol. The summed E-state index contributed by atoms with van der Waals surface area (Å²) in [6.45, 7) is 12.7. The third kappa shape index (κ3) is 7.75. The zero-order valence-corrected chi connectivity index (χ0v) is 35.4. The number of aromatic nitrogens is 6. The van der Waals surface area contributed by atoms with E-state index in [4.69, 9.17) is 24.4 Å². The van der Waals surface area contributed by atoms with Crippen molar-refractivity contribution in [2.75, 3.05) is 26.9 Å². The molecule has 4 aromatic heterocycles. The van der Waals surface area contributed by atoms with Gasteiger partial charge in [-0.2, -0.15) is 0 Å². The fourth-order valence-electron chi connectivity index (χ4n) is 7.63. The van der Waals surface area contributed by atoms with Crippen LogP contribution < -0.4 is 10.6 Å². The molecule has 0 saturated carbocycles. The molecule has 0 aliphatic carbocycles. The summed E-state index contributed by atoms with van der Waals surface area (Å²) in [6, 6.07) is 3.05. The number of alkyl carbamates (subject to hydrolysis) is 2. The second-order valence-corrected chi connectivity index (χ2v) is 23.1. The second kappa shape index (κ2) is 15.6. The van der Waals surface area contributed by atoms with Crippen LogP contribution in [0, 0.1) is 11.8 Å². The number of imidazole rings is 2. The lowest BCUT2D eigenvalue weighted by Gasteiger charge is -2.30. The van der Waals surface area contributed by atoms with Gasteiger partial charge in [-0.05, 0) is 42.9 Å². The molecule has 4 N–H and O–H groups in total. The third-order valence-electron chi connectivity index (χ3n) is 10.5. The van der Waals surface area contributed by atoms with Crippen LogP contribution in [0.4, 0.5) is 9.59 Å². The summed E-state index contributed by atoms with van der Waals surface area (Å²) in [5, 5.41) is 6.99. The van der Waals surface area contributed by atoms with Crippen LogP contribution in [0.3, 0.4) is 0 Å². The first-order valence-corrected chi connectivity index (χ1v) is 23.8. The molecule has 4 atom stereocenters. The van der Waals surface area contributed by atoms with Gasteiger partial charge in [-0.1, -0.05) is 40.8 Å². The Bertz CT molecular complexity index is 2230. The molecule has 4 amide bonds. The van der Waals surface area contributed by atoms with Crippen LogP contribution in [0.25, 0.3) is 41.8 Å². The topological polar surface area (TPSA) is 200 Å². The number of hydrogen-bond donors (Lipinski definition) is 4. The molecule has 2 saturated heterocycles. The van der Waals surface area contributed by atoms with Crippen LogP contribution >= 0.6 is 22.7 Å². The summed E-state index contributed by atoms with van der Waals surface area (Å²) in [5.41, 5.74) is 3.22. The lowest BCUT2D eigenvalue weighted by Crippen LogP contribution is -2.52. The molecule has 0 spiro atoms. The molecule has 298 valence electrons. The third-order valence-corrected chi connectivity index (χ3v) is 15.3. The summed E-state index contributed by atoms with van der Waals surface area (Å²) in [4.78, 5) is 81.4. The van der Waals surface area contributed by atoms with Crippen molar-refractivity contribution in [2.24, 2.45) is 11.8 Å². The highest BCUT2D eigenvalue weighted by atomic mass is 32.1. The molecule has 7 rings (SSSR count). The number of thiazole rings is 2. The second-order valence-electron chi connectivity index (χ2n) is 15.9. The fourth-order valence-corrected chi connectivity index (χ4v) is 12.4. The van der Waals surface area contributed by atoms with Crippen LogP contribution in [0.2, 0.25) is 19.1 Å². The van der Waals surface area contributed by atoms with E-state index in [0.29, 0.717) is 24.4 Å². The van der Waals surface area contributed by atoms with E-state index in [2.05, 4.69) is 38.7 Å². The van der Waals surface area contributed by atoms with Gasteiger partial charge in [0.25, 0.3) is 0 Å². The highest BCUT2D eigenvalue weighted by Gasteiger charge is 2.46. The molecule has 19 heteroatoms. The number of nitrogens with zero attached hydrogens (tertiary/aromatic N) is 6. The van der Waals surface area contributed by atoms with E-state index in [9.17, 15) is 19.2 Å². The molecule has 56 heavy (non-hydrogen) atoms. The number of benzene rings is 1. The molecule has 0 bridgehead atoms. The number of likely N-dealkylation sites (tertiary alicyclic amines) is 1. The van der Waals surface area contributed by atoms with Crippen LogP contribution in [-0.4, -0.2) is 111 Å². The molecule has 2 aliphatic heterocycles. The maximum Gasteiger partial charge on any atom is 0.407 e. The van der Waals surface area contributed by atoms with E-state index >= 15 is 0 Å². The van der Waals surface area contributed by atoms with E-state index in [1.165, 1.54) is 25.6 Å². The van der Waals surface area contributed by atoms with Crippen molar-refractivity contribution in [1.29, 1.82) is 0 Å². The fraction of sp³-hybridized carbons (Fsp3) is 0.514. The summed E-state index contributed by atoms with van der Waals surface area (Å²) in [5.74, 6) is 0.860. The van der Waals surface area contributed by atoms with E-state index in [0.717, 1.165) is 60.7 Å². The summed E-state index contributed by atoms with van der Waals surface area (Å²) in [6.07, 6.45) is 4.53. The number of aromatic amines is 2. The van der Waals surface area contributed by atoms with Gasteiger partial charge < -0.3 is 39.9 Å². The Hall–Kier alpha value is -4.88. The normalized spacial score (nSPS) is 19.2. The summed E-state index contributed by atoms with van der Waals surface area (Å²) in [7, 11) is 0.807. The Kier molecular flexibility index (Phi) is 10.9. The molecular weight excluding hydrogens is 773 g/mol. The number of nitrogens with one attached hydrogen (secondary N) is 4. The molecule has 0 unspecified atom stereocenters.